The Balaban J connectivity index is 1.72. The van der Waals surface area contributed by atoms with E-state index < -0.39 is 5.54 Å². The van der Waals surface area contributed by atoms with Gasteiger partial charge in [-0.15, -0.1) is 0 Å². The number of rotatable bonds is 2. The molecule has 0 bridgehead atoms. The topological polar surface area (TPSA) is 53.9 Å². The van der Waals surface area contributed by atoms with Gasteiger partial charge < -0.3 is 10.2 Å². The Morgan fingerprint density at radius 2 is 1.68 bits per heavy atom. The minimum atomic E-state index is -0.592. The second kappa shape index (κ2) is 5.84. The molecule has 0 aromatic carbocycles. The van der Waals surface area contributed by atoms with Crippen LogP contribution in [0.5, 0.6) is 0 Å². The van der Waals surface area contributed by atoms with Crippen LogP contribution in [-0.4, -0.2) is 41.1 Å². The normalized spacial score (nSPS) is 40.3. The van der Waals surface area contributed by atoms with Gasteiger partial charge in [-0.05, 0) is 64.7 Å². The molecule has 124 valence electrons. The highest BCUT2D eigenvalue weighted by molar-refractivity contribution is 6.06. The fraction of sp³-hybridized carbons (Fsp3) is 0.882. The number of imide groups is 1. The Kier molecular flexibility index (Phi) is 4.19. The molecule has 0 aromatic heterocycles. The highest BCUT2D eigenvalue weighted by Crippen LogP contribution is 2.36. The number of piperidine rings is 1. The fourth-order valence-corrected chi connectivity index (χ4v) is 4.49. The second-order valence-corrected chi connectivity index (χ2v) is 7.89. The van der Waals surface area contributed by atoms with Crippen LogP contribution >= 0.6 is 0 Å². The first-order valence-electron chi connectivity index (χ1n) is 8.92. The van der Waals surface area contributed by atoms with E-state index in [0.29, 0.717) is 24.7 Å². The number of likely N-dealkylation sites (tertiary alicyclic amines) is 1. The summed E-state index contributed by atoms with van der Waals surface area (Å²) in [5, 5.41) is 3.03. The minimum absolute atomic E-state index is 0.0295. The average molecular weight is 308 g/mol. The molecule has 2 heterocycles. The maximum absolute atomic E-state index is 12.9. The lowest BCUT2D eigenvalue weighted by Crippen LogP contribution is -3.20. The van der Waals surface area contributed by atoms with Crippen molar-refractivity contribution in [3.63, 3.8) is 0 Å². The Labute approximate surface area is 133 Å². The summed E-state index contributed by atoms with van der Waals surface area (Å²) in [6, 6.07) is 0.872. The van der Waals surface area contributed by atoms with Gasteiger partial charge in [-0.3, -0.25) is 4.79 Å². The molecule has 1 aliphatic carbocycles. The first-order chi connectivity index (χ1) is 10.4. The average Bonchev–Trinajstić information content (AvgIpc) is 2.70. The van der Waals surface area contributed by atoms with Crippen LogP contribution in [0, 0.1) is 5.92 Å². The van der Waals surface area contributed by atoms with Crippen LogP contribution in [0.1, 0.15) is 65.7 Å². The number of hydrogen-bond acceptors (Lipinski definition) is 2. The zero-order chi connectivity index (χ0) is 15.9. The van der Waals surface area contributed by atoms with Gasteiger partial charge in [0.1, 0.15) is 5.54 Å². The molecule has 2 saturated heterocycles. The molecule has 0 radical (unpaired) electrons. The number of carbonyl (C=O) groups excluding carboxylic acids is 2. The van der Waals surface area contributed by atoms with Gasteiger partial charge in [0, 0.05) is 0 Å². The van der Waals surface area contributed by atoms with Gasteiger partial charge in [-0.25, -0.2) is 9.69 Å². The van der Waals surface area contributed by atoms with Gasteiger partial charge in [-0.1, -0.05) is 6.92 Å². The van der Waals surface area contributed by atoms with Crippen LogP contribution in [0.25, 0.3) is 0 Å². The first-order valence-corrected chi connectivity index (χ1v) is 8.92. The van der Waals surface area contributed by atoms with E-state index in [4.69, 9.17) is 0 Å². The monoisotopic (exact) mass is 308 g/mol. The van der Waals surface area contributed by atoms with Crippen LogP contribution < -0.4 is 10.2 Å². The zero-order valence-corrected chi connectivity index (χ0v) is 14.2. The van der Waals surface area contributed by atoms with E-state index >= 15 is 0 Å². The van der Waals surface area contributed by atoms with Gasteiger partial charge in [0.15, 0.2) is 6.67 Å². The number of amides is 3. The maximum Gasteiger partial charge on any atom is 0.329 e. The van der Waals surface area contributed by atoms with E-state index in [2.05, 4.69) is 26.1 Å². The molecule has 2 N–H and O–H groups in total. The van der Waals surface area contributed by atoms with E-state index in [-0.39, 0.29) is 11.9 Å². The molecule has 2 aliphatic heterocycles. The lowest BCUT2D eigenvalue weighted by atomic mass is 9.77. The van der Waals surface area contributed by atoms with Crippen LogP contribution in [0.2, 0.25) is 0 Å². The number of quaternary nitrogens is 1. The van der Waals surface area contributed by atoms with Crippen molar-refractivity contribution in [2.75, 3.05) is 6.67 Å². The van der Waals surface area contributed by atoms with Gasteiger partial charge in [0.25, 0.3) is 5.91 Å². The van der Waals surface area contributed by atoms with Crippen molar-refractivity contribution < 1.29 is 14.5 Å². The number of nitrogens with zero attached hydrogens (tertiary/aromatic N) is 1. The Morgan fingerprint density at radius 3 is 2.27 bits per heavy atom. The molecule has 5 nitrogen and oxygen atoms in total. The van der Waals surface area contributed by atoms with Crippen LogP contribution in [0.4, 0.5) is 4.79 Å². The molecule has 3 amide bonds. The van der Waals surface area contributed by atoms with Crippen molar-refractivity contribution in [2.45, 2.75) is 83.3 Å². The lowest BCUT2D eigenvalue weighted by Gasteiger charge is -2.37. The van der Waals surface area contributed by atoms with Crippen molar-refractivity contribution in [2.24, 2.45) is 5.92 Å². The fourth-order valence-electron chi connectivity index (χ4n) is 4.49. The maximum atomic E-state index is 12.9. The molecule has 0 aromatic rings. The molecule has 0 unspecified atom stereocenters. The van der Waals surface area contributed by atoms with E-state index in [0.717, 1.165) is 25.7 Å². The molecule has 3 aliphatic rings. The summed E-state index contributed by atoms with van der Waals surface area (Å²) in [5.74, 6) is 0.694. The van der Waals surface area contributed by atoms with E-state index in [1.54, 1.807) is 0 Å². The third-order valence-corrected chi connectivity index (χ3v) is 6.25. The highest BCUT2D eigenvalue weighted by Gasteiger charge is 2.53. The quantitative estimate of drug-likeness (QED) is 0.755. The summed E-state index contributed by atoms with van der Waals surface area (Å²) in [6.45, 7) is 7.24. The van der Waals surface area contributed by atoms with Crippen molar-refractivity contribution in [3.05, 3.63) is 0 Å². The summed E-state index contributed by atoms with van der Waals surface area (Å²) in [6.07, 6.45) is 7.30. The molecule has 3 rings (SSSR count). The van der Waals surface area contributed by atoms with Gasteiger partial charge in [-0.2, -0.15) is 0 Å². The Morgan fingerprint density at radius 1 is 1.09 bits per heavy atom. The van der Waals surface area contributed by atoms with E-state index in [1.165, 1.54) is 29.1 Å². The smallest absolute Gasteiger partial charge is 0.323 e. The third-order valence-electron chi connectivity index (χ3n) is 6.25. The Hall–Kier alpha value is -1.10. The standard InChI is InChI=1S/C17H29N3O2/c1-12-7-9-17(10-8-12)15(21)20(16(22)18-17)11-19-13(2)5-4-6-14(19)3/h12-14H,4-11H2,1-3H3,(H,18,22)/p+1/t12?,13-,14-,17?/m1/s1. The summed E-state index contributed by atoms with van der Waals surface area (Å²) >= 11 is 0. The van der Waals surface area contributed by atoms with Crippen molar-refractivity contribution >= 4 is 11.9 Å². The van der Waals surface area contributed by atoms with Crippen LogP contribution in [0.3, 0.4) is 0 Å². The van der Waals surface area contributed by atoms with Crippen LogP contribution in [0.15, 0.2) is 0 Å². The van der Waals surface area contributed by atoms with E-state index in [1.807, 2.05) is 0 Å². The zero-order valence-electron chi connectivity index (χ0n) is 14.2. The van der Waals surface area contributed by atoms with Crippen molar-refractivity contribution in [1.82, 2.24) is 10.2 Å². The predicted molar refractivity (Wildman–Crippen MR) is 84.3 cm³/mol. The summed E-state index contributed by atoms with van der Waals surface area (Å²) in [5.41, 5.74) is -0.592. The third kappa shape index (κ3) is 2.64. The van der Waals surface area contributed by atoms with Gasteiger partial charge >= 0.3 is 6.03 Å². The van der Waals surface area contributed by atoms with Crippen LogP contribution in [-0.2, 0) is 4.79 Å². The van der Waals surface area contributed by atoms with Crippen molar-refractivity contribution in [1.29, 1.82) is 0 Å². The second-order valence-electron chi connectivity index (χ2n) is 7.89. The number of hydrogen-bond donors (Lipinski definition) is 2. The van der Waals surface area contributed by atoms with Crippen molar-refractivity contribution in [3.8, 4) is 0 Å². The highest BCUT2D eigenvalue weighted by atomic mass is 16.2. The molecular formula is C17H30N3O2+. The molecule has 1 spiro atoms. The van der Waals surface area contributed by atoms with Gasteiger partial charge in [0.05, 0.1) is 12.1 Å². The van der Waals surface area contributed by atoms with E-state index in [9.17, 15) is 9.59 Å². The SMILES string of the molecule is CC1CCC2(CC1)NC(=O)N(C[NH+]1[C@H](C)CCC[C@H]1C)C2=O. The molecule has 5 heteroatoms. The molecular weight excluding hydrogens is 278 g/mol. The number of urea groups is 1. The lowest BCUT2D eigenvalue weighted by molar-refractivity contribution is -0.957. The summed E-state index contributed by atoms with van der Waals surface area (Å²) in [4.78, 5) is 28.2. The first kappa shape index (κ1) is 15.8. The number of nitrogens with one attached hydrogen (secondary N) is 2. The molecule has 2 atom stereocenters. The summed E-state index contributed by atoms with van der Waals surface area (Å²) in [7, 11) is 0. The Bertz CT molecular complexity index is 447. The summed E-state index contributed by atoms with van der Waals surface area (Å²) < 4.78 is 0. The van der Waals surface area contributed by atoms with Gasteiger partial charge in [0.2, 0.25) is 0 Å². The number of carbonyl (C=O) groups is 2. The molecule has 1 saturated carbocycles. The largest absolute Gasteiger partial charge is 0.329 e. The molecule has 3 fully saturated rings. The predicted octanol–water partition coefficient (Wildman–Crippen LogP) is 1.29. The molecule has 22 heavy (non-hydrogen) atoms. The minimum Gasteiger partial charge on any atom is -0.323 e.